The Labute approximate surface area is 124 Å². The maximum atomic E-state index is 10.8. The molecule has 0 amide bonds. The third kappa shape index (κ3) is 8.47. The van der Waals surface area contributed by atoms with E-state index in [2.05, 4.69) is 0 Å². The molecule has 0 aliphatic heterocycles. The summed E-state index contributed by atoms with van der Waals surface area (Å²) >= 11 is 0. The number of carbonyl (C=O) groups is 2. The second-order valence-corrected chi connectivity index (χ2v) is 4.25. The number of methoxy groups -OCH3 is 1. The fourth-order valence-electron chi connectivity index (χ4n) is 1.43. The Morgan fingerprint density at radius 2 is 1.71 bits per heavy atom. The van der Waals surface area contributed by atoms with Gasteiger partial charge in [0.2, 0.25) is 0 Å². The van der Waals surface area contributed by atoms with Crippen LogP contribution in [-0.4, -0.2) is 29.3 Å². The van der Waals surface area contributed by atoms with Crippen molar-refractivity contribution in [3.8, 4) is 5.75 Å². The van der Waals surface area contributed by atoms with Crippen molar-refractivity contribution in [2.75, 3.05) is 7.11 Å². The van der Waals surface area contributed by atoms with E-state index in [1.54, 1.807) is 25.3 Å². The maximum Gasteiger partial charge on any atom is 0.331 e. The highest BCUT2D eigenvalue weighted by atomic mass is 16.5. The summed E-state index contributed by atoms with van der Waals surface area (Å²) in [7, 11) is 1.60. The molecule has 0 aliphatic rings. The molecule has 0 fully saturated rings. The molecular weight excluding hydrogens is 272 g/mol. The molecule has 0 unspecified atom stereocenters. The molecule has 0 bridgehead atoms. The highest BCUT2D eigenvalue weighted by Gasteiger charge is 2.03. The standard InChI is InChI=1S/C12H14O3.C4H8O2/c1-3-10(12(13)14)8-9-4-6-11(15-2)7-5-9;1-2-3-4(5)6/h4-8H,3H2,1-2H3,(H,13,14);2-3H2,1H3,(H,5,6). The molecule has 0 aromatic heterocycles. The Hall–Kier alpha value is -2.30. The van der Waals surface area contributed by atoms with Crippen molar-refractivity contribution in [3.05, 3.63) is 35.4 Å². The summed E-state index contributed by atoms with van der Waals surface area (Å²) in [5, 5.41) is 16.8. The van der Waals surface area contributed by atoms with Gasteiger partial charge in [0, 0.05) is 12.0 Å². The van der Waals surface area contributed by atoms with Crippen LogP contribution in [0.15, 0.2) is 29.8 Å². The van der Waals surface area contributed by atoms with Crippen LogP contribution in [0.3, 0.4) is 0 Å². The molecule has 5 heteroatoms. The minimum atomic E-state index is -0.867. The lowest BCUT2D eigenvalue weighted by atomic mass is 10.1. The molecule has 0 atom stereocenters. The van der Waals surface area contributed by atoms with E-state index in [9.17, 15) is 9.59 Å². The number of ether oxygens (including phenoxy) is 1. The fraction of sp³-hybridized carbons (Fsp3) is 0.375. The van der Waals surface area contributed by atoms with Crippen molar-refractivity contribution >= 4 is 18.0 Å². The van der Waals surface area contributed by atoms with Gasteiger partial charge < -0.3 is 14.9 Å². The van der Waals surface area contributed by atoms with E-state index in [4.69, 9.17) is 14.9 Å². The Kier molecular flexibility index (Phi) is 9.33. The lowest BCUT2D eigenvalue weighted by Crippen LogP contribution is -1.98. The number of hydrogen-bond donors (Lipinski definition) is 2. The number of rotatable bonds is 6. The van der Waals surface area contributed by atoms with E-state index in [1.165, 1.54) is 0 Å². The van der Waals surface area contributed by atoms with Gasteiger partial charge in [-0.05, 0) is 36.6 Å². The first-order chi connectivity index (χ1) is 9.94. The van der Waals surface area contributed by atoms with E-state index in [1.807, 2.05) is 26.0 Å². The Bertz CT molecular complexity index is 474. The highest BCUT2D eigenvalue weighted by molar-refractivity contribution is 5.92. The SMILES string of the molecule is CCC(=Cc1ccc(OC)cc1)C(=O)O.CCCC(=O)O. The molecule has 0 spiro atoms. The molecule has 0 saturated carbocycles. The van der Waals surface area contributed by atoms with Crippen LogP contribution >= 0.6 is 0 Å². The van der Waals surface area contributed by atoms with Crippen LogP contribution in [0.5, 0.6) is 5.75 Å². The zero-order valence-electron chi connectivity index (χ0n) is 12.6. The topological polar surface area (TPSA) is 83.8 Å². The van der Waals surface area contributed by atoms with Gasteiger partial charge in [-0.2, -0.15) is 0 Å². The largest absolute Gasteiger partial charge is 0.497 e. The fourth-order valence-corrected chi connectivity index (χ4v) is 1.43. The van der Waals surface area contributed by atoms with Crippen LogP contribution in [-0.2, 0) is 9.59 Å². The van der Waals surface area contributed by atoms with Gasteiger partial charge in [-0.15, -0.1) is 0 Å². The average Bonchev–Trinajstić information content (AvgIpc) is 2.45. The number of benzene rings is 1. The third-order valence-corrected chi connectivity index (χ3v) is 2.58. The highest BCUT2D eigenvalue weighted by Crippen LogP contribution is 2.15. The van der Waals surface area contributed by atoms with E-state index in [-0.39, 0.29) is 0 Å². The van der Waals surface area contributed by atoms with E-state index < -0.39 is 11.9 Å². The normalized spacial score (nSPS) is 10.3. The van der Waals surface area contributed by atoms with Crippen molar-refractivity contribution in [1.82, 2.24) is 0 Å². The van der Waals surface area contributed by atoms with Crippen LogP contribution in [0.4, 0.5) is 0 Å². The first-order valence-electron chi connectivity index (χ1n) is 6.74. The van der Waals surface area contributed by atoms with Crippen molar-refractivity contribution in [1.29, 1.82) is 0 Å². The lowest BCUT2D eigenvalue weighted by Gasteiger charge is -2.01. The molecule has 0 radical (unpaired) electrons. The summed E-state index contributed by atoms with van der Waals surface area (Å²) in [5.41, 5.74) is 1.27. The molecule has 0 saturated heterocycles. The number of hydrogen-bond acceptors (Lipinski definition) is 3. The predicted octanol–water partition coefficient (Wildman–Crippen LogP) is 3.44. The summed E-state index contributed by atoms with van der Waals surface area (Å²) in [6, 6.07) is 7.27. The molecule has 2 N–H and O–H groups in total. The molecule has 1 aromatic carbocycles. The third-order valence-electron chi connectivity index (χ3n) is 2.58. The van der Waals surface area contributed by atoms with Gasteiger partial charge in [-0.25, -0.2) is 4.79 Å². The Morgan fingerprint density at radius 1 is 1.14 bits per heavy atom. The van der Waals surface area contributed by atoms with Gasteiger partial charge in [0.05, 0.1) is 7.11 Å². The van der Waals surface area contributed by atoms with Crippen LogP contribution in [0.25, 0.3) is 6.08 Å². The zero-order valence-corrected chi connectivity index (χ0v) is 12.6. The molecule has 5 nitrogen and oxygen atoms in total. The number of aliphatic carboxylic acids is 2. The summed E-state index contributed by atoms with van der Waals surface area (Å²) in [6.45, 7) is 3.66. The summed E-state index contributed by atoms with van der Waals surface area (Å²) < 4.78 is 5.01. The zero-order chi connectivity index (χ0) is 16.3. The molecule has 116 valence electrons. The minimum Gasteiger partial charge on any atom is -0.497 e. The van der Waals surface area contributed by atoms with Crippen molar-refractivity contribution < 1.29 is 24.5 Å². The van der Waals surface area contributed by atoms with Crippen molar-refractivity contribution in [2.45, 2.75) is 33.1 Å². The Balaban J connectivity index is 0.000000567. The molecular formula is C16H22O5. The van der Waals surface area contributed by atoms with Crippen LogP contribution in [0, 0.1) is 0 Å². The van der Waals surface area contributed by atoms with Gasteiger partial charge in [-0.3, -0.25) is 4.79 Å². The molecule has 1 aromatic rings. The van der Waals surface area contributed by atoms with Gasteiger partial charge in [0.1, 0.15) is 5.75 Å². The van der Waals surface area contributed by atoms with Gasteiger partial charge in [0.25, 0.3) is 0 Å². The predicted molar refractivity (Wildman–Crippen MR) is 81.4 cm³/mol. The second-order valence-electron chi connectivity index (χ2n) is 4.25. The summed E-state index contributed by atoms with van der Waals surface area (Å²) in [4.78, 5) is 20.4. The van der Waals surface area contributed by atoms with Crippen LogP contribution < -0.4 is 4.74 Å². The smallest absolute Gasteiger partial charge is 0.331 e. The van der Waals surface area contributed by atoms with E-state index >= 15 is 0 Å². The number of carboxylic acids is 2. The minimum absolute atomic E-state index is 0.292. The monoisotopic (exact) mass is 294 g/mol. The van der Waals surface area contributed by atoms with Crippen LogP contribution in [0.1, 0.15) is 38.7 Å². The maximum absolute atomic E-state index is 10.8. The molecule has 21 heavy (non-hydrogen) atoms. The first-order valence-corrected chi connectivity index (χ1v) is 6.74. The van der Waals surface area contributed by atoms with Crippen molar-refractivity contribution in [2.24, 2.45) is 0 Å². The molecule has 0 heterocycles. The quantitative estimate of drug-likeness (QED) is 0.785. The van der Waals surface area contributed by atoms with Crippen LogP contribution in [0.2, 0.25) is 0 Å². The first kappa shape index (κ1) is 18.7. The van der Waals surface area contributed by atoms with E-state index in [0.29, 0.717) is 18.4 Å². The lowest BCUT2D eigenvalue weighted by molar-refractivity contribution is -0.137. The van der Waals surface area contributed by atoms with Gasteiger partial charge >= 0.3 is 11.9 Å². The summed E-state index contributed by atoms with van der Waals surface area (Å²) in [6.07, 6.45) is 3.21. The average molecular weight is 294 g/mol. The van der Waals surface area contributed by atoms with Crippen molar-refractivity contribution in [3.63, 3.8) is 0 Å². The van der Waals surface area contributed by atoms with Gasteiger partial charge in [0.15, 0.2) is 0 Å². The van der Waals surface area contributed by atoms with Gasteiger partial charge in [-0.1, -0.05) is 26.0 Å². The number of carboxylic acid groups (broad SMARTS) is 2. The molecule has 1 rings (SSSR count). The second kappa shape index (κ2) is 10.5. The molecule has 0 aliphatic carbocycles. The summed E-state index contributed by atoms with van der Waals surface area (Å²) in [5.74, 6) is -0.814. The Morgan fingerprint density at radius 3 is 2.00 bits per heavy atom. The van der Waals surface area contributed by atoms with E-state index in [0.717, 1.165) is 17.7 Å².